The Morgan fingerprint density at radius 1 is 1.04 bits per heavy atom. The van der Waals surface area contributed by atoms with Gasteiger partial charge in [-0.2, -0.15) is 0 Å². The van der Waals surface area contributed by atoms with Crippen molar-refractivity contribution in [3.05, 3.63) is 47.5 Å². The van der Waals surface area contributed by atoms with Crippen LogP contribution in [-0.2, 0) is 10.0 Å². The fourth-order valence-electron chi connectivity index (χ4n) is 1.97. The van der Waals surface area contributed by atoms with Crippen molar-refractivity contribution in [2.75, 3.05) is 27.4 Å². The van der Waals surface area contributed by atoms with E-state index in [0.29, 0.717) is 16.5 Å². The fraction of sp³-hybridized carbons (Fsp3) is 0.250. The molecule has 0 bridgehead atoms. The molecule has 8 heteroatoms. The van der Waals surface area contributed by atoms with Gasteiger partial charge in [-0.15, -0.1) is 0 Å². The average molecular weight is 372 g/mol. The second-order valence-electron chi connectivity index (χ2n) is 4.69. The molecule has 2 aromatic carbocycles. The van der Waals surface area contributed by atoms with E-state index in [1.54, 1.807) is 30.3 Å². The van der Waals surface area contributed by atoms with Crippen molar-refractivity contribution in [1.29, 1.82) is 0 Å². The largest absolute Gasteiger partial charge is 0.497 e. The summed E-state index contributed by atoms with van der Waals surface area (Å²) in [7, 11) is -0.846. The van der Waals surface area contributed by atoms with Crippen LogP contribution in [0, 0.1) is 0 Å². The monoisotopic (exact) mass is 371 g/mol. The van der Waals surface area contributed by atoms with Crippen LogP contribution in [0.2, 0.25) is 5.02 Å². The molecule has 0 spiro atoms. The summed E-state index contributed by atoms with van der Waals surface area (Å²) in [6, 6.07) is 11.5. The van der Waals surface area contributed by atoms with Crippen LogP contribution < -0.4 is 18.9 Å². The normalized spacial score (nSPS) is 11.1. The van der Waals surface area contributed by atoms with E-state index in [9.17, 15) is 8.42 Å². The Balaban J connectivity index is 2.00. The van der Waals surface area contributed by atoms with E-state index in [1.165, 1.54) is 26.4 Å². The van der Waals surface area contributed by atoms with Crippen LogP contribution in [0.4, 0.5) is 0 Å². The Bertz CT molecular complexity index is 795. The summed E-state index contributed by atoms with van der Waals surface area (Å²) in [5, 5.41) is 0.470. The molecule has 0 saturated heterocycles. The Hall–Kier alpha value is -1.96. The van der Waals surface area contributed by atoms with Gasteiger partial charge in [-0.3, -0.25) is 0 Å². The summed E-state index contributed by atoms with van der Waals surface area (Å²) >= 11 is 5.97. The van der Waals surface area contributed by atoms with E-state index in [2.05, 4.69) is 4.72 Å². The number of ether oxygens (including phenoxy) is 3. The van der Waals surface area contributed by atoms with Crippen LogP contribution in [0.3, 0.4) is 0 Å². The quantitative estimate of drug-likeness (QED) is 0.722. The molecule has 2 rings (SSSR count). The highest BCUT2D eigenvalue weighted by atomic mass is 35.5. The van der Waals surface area contributed by atoms with Gasteiger partial charge in [0.05, 0.1) is 19.2 Å². The molecule has 0 aliphatic carbocycles. The molecule has 0 heterocycles. The maximum absolute atomic E-state index is 12.4. The van der Waals surface area contributed by atoms with Gasteiger partial charge < -0.3 is 14.2 Å². The zero-order valence-corrected chi connectivity index (χ0v) is 14.9. The molecule has 0 unspecified atom stereocenters. The summed E-state index contributed by atoms with van der Waals surface area (Å²) < 4.78 is 42.8. The molecular weight excluding hydrogens is 354 g/mol. The van der Waals surface area contributed by atoms with Crippen molar-refractivity contribution >= 4 is 21.6 Å². The minimum absolute atomic E-state index is 0.0311. The summed E-state index contributed by atoms with van der Waals surface area (Å²) in [4.78, 5) is 0.0311. The second kappa shape index (κ2) is 8.23. The number of halogens is 1. The van der Waals surface area contributed by atoms with Crippen LogP contribution in [0.15, 0.2) is 47.4 Å². The molecule has 0 aliphatic heterocycles. The number of para-hydroxylation sites is 1. The first kappa shape index (κ1) is 18.4. The first-order chi connectivity index (χ1) is 11.5. The summed E-state index contributed by atoms with van der Waals surface area (Å²) in [5.41, 5.74) is 0. The van der Waals surface area contributed by atoms with E-state index >= 15 is 0 Å². The predicted molar refractivity (Wildman–Crippen MR) is 91.7 cm³/mol. The van der Waals surface area contributed by atoms with Gasteiger partial charge in [-0.1, -0.05) is 23.7 Å². The molecule has 1 N–H and O–H groups in total. The average Bonchev–Trinajstić information content (AvgIpc) is 2.59. The lowest BCUT2D eigenvalue weighted by atomic mass is 10.3. The molecule has 0 amide bonds. The second-order valence-corrected chi connectivity index (χ2v) is 6.84. The topological polar surface area (TPSA) is 73.9 Å². The molecule has 0 fully saturated rings. The van der Waals surface area contributed by atoms with E-state index < -0.39 is 10.0 Å². The Kier molecular flexibility index (Phi) is 6.30. The van der Waals surface area contributed by atoms with Gasteiger partial charge in [0, 0.05) is 12.6 Å². The SMILES string of the molecule is COc1ccc(S(=O)(=O)NCCOc2ccccc2Cl)c(OC)c1. The third-order valence-corrected chi connectivity index (χ3v) is 4.96. The van der Waals surface area contributed by atoms with Crippen LogP contribution >= 0.6 is 11.6 Å². The molecule has 0 atom stereocenters. The Morgan fingerprint density at radius 3 is 2.46 bits per heavy atom. The molecule has 0 saturated carbocycles. The molecule has 0 aliphatic rings. The molecule has 2 aromatic rings. The fourth-order valence-corrected chi connectivity index (χ4v) is 3.33. The van der Waals surface area contributed by atoms with E-state index in [0.717, 1.165) is 0 Å². The molecule has 24 heavy (non-hydrogen) atoms. The van der Waals surface area contributed by atoms with Gasteiger partial charge in [0.25, 0.3) is 0 Å². The van der Waals surface area contributed by atoms with Crippen molar-refractivity contribution in [3.63, 3.8) is 0 Å². The first-order valence-corrected chi connectivity index (χ1v) is 8.93. The van der Waals surface area contributed by atoms with Crippen LogP contribution in [0.25, 0.3) is 0 Å². The van der Waals surface area contributed by atoms with Crippen molar-refractivity contribution in [2.24, 2.45) is 0 Å². The number of benzene rings is 2. The number of rotatable bonds is 8. The van der Waals surface area contributed by atoms with Crippen LogP contribution in [-0.4, -0.2) is 35.8 Å². The van der Waals surface area contributed by atoms with Gasteiger partial charge in [-0.05, 0) is 24.3 Å². The predicted octanol–water partition coefficient (Wildman–Crippen LogP) is 2.71. The first-order valence-electron chi connectivity index (χ1n) is 7.07. The maximum Gasteiger partial charge on any atom is 0.244 e. The minimum atomic E-state index is -3.74. The third kappa shape index (κ3) is 4.53. The lowest BCUT2D eigenvalue weighted by Crippen LogP contribution is -2.28. The number of hydrogen-bond acceptors (Lipinski definition) is 5. The van der Waals surface area contributed by atoms with Crippen molar-refractivity contribution in [3.8, 4) is 17.2 Å². The zero-order valence-electron chi connectivity index (χ0n) is 13.3. The highest BCUT2D eigenvalue weighted by molar-refractivity contribution is 7.89. The third-order valence-electron chi connectivity index (χ3n) is 3.15. The van der Waals surface area contributed by atoms with Crippen molar-refractivity contribution in [2.45, 2.75) is 4.90 Å². The van der Waals surface area contributed by atoms with Gasteiger partial charge in [-0.25, -0.2) is 13.1 Å². The number of nitrogens with one attached hydrogen (secondary N) is 1. The van der Waals surface area contributed by atoms with Crippen LogP contribution in [0.5, 0.6) is 17.2 Å². The maximum atomic E-state index is 12.4. The van der Waals surface area contributed by atoms with E-state index in [-0.39, 0.29) is 23.8 Å². The highest BCUT2D eigenvalue weighted by Gasteiger charge is 2.19. The molecule has 0 radical (unpaired) electrons. The minimum Gasteiger partial charge on any atom is -0.497 e. The molecule has 0 aromatic heterocycles. The molecule has 6 nitrogen and oxygen atoms in total. The standard InChI is InChI=1S/C16H18ClNO5S/c1-21-12-7-8-16(15(11-12)22-2)24(19,20)18-9-10-23-14-6-4-3-5-13(14)17/h3-8,11,18H,9-10H2,1-2H3. The van der Waals surface area contributed by atoms with E-state index in [1.807, 2.05) is 0 Å². The number of methoxy groups -OCH3 is 2. The molecular formula is C16H18ClNO5S. The smallest absolute Gasteiger partial charge is 0.244 e. The zero-order chi connectivity index (χ0) is 17.6. The number of hydrogen-bond donors (Lipinski definition) is 1. The van der Waals surface area contributed by atoms with Crippen molar-refractivity contribution in [1.82, 2.24) is 4.72 Å². The van der Waals surface area contributed by atoms with Gasteiger partial charge >= 0.3 is 0 Å². The molecule has 130 valence electrons. The lowest BCUT2D eigenvalue weighted by molar-refractivity contribution is 0.323. The lowest BCUT2D eigenvalue weighted by Gasteiger charge is -2.12. The Labute approximate surface area is 146 Å². The van der Waals surface area contributed by atoms with Gasteiger partial charge in [0.2, 0.25) is 10.0 Å². The summed E-state index contributed by atoms with van der Waals surface area (Å²) in [6.07, 6.45) is 0. The van der Waals surface area contributed by atoms with Crippen LogP contribution in [0.1, 0.15) is 0 Å². The van der Waals surface area contributed by atoms with E-state index in [4.69, 9.17) is 25.8 Å². The summed E-state index contributed by atoms with van der Waals surface area (Å²) in [6.45, 7) is 0.226. The van der Waals surface area contributed by atoms with Gasteiger partial charge in [0.15, 0.2) is 0 Å². The Morgan fingerprint density at radius 2 is 1.79 bits per heavy atom. The van der Waals surface area contributed by atoms with Crippen molar-refractivity contribution < 1.29 is 22.6 Å². The highest BCUT2D eigenvalue weighted by Crippen LogP contribution is 2.28. The number of sulfonamides is 1. The van der Waals surface area contributed by atoms with Gasteiger partial charge in [0.1, 0.15) is 28.8 Å². The summed E-state index contributed by atoms with van der Waals surface area (Å²) in [5.74, 6) is 1.21.